The second-order valence-corrected chi connectivity index (χ2v) is 2.98. The number of hydrogen-bond donors (Lipinski definition) is 1. The van der Waals surface area contributed by atoms with E-state index in [9.17, 15) is 4.79 Å². The predicted octanol–water partition coefficient (Wildman–Crippen LogP) is 1.86. The standard InChI is InChI=1S/C11H9NO2/c1-7-8(2)12-11(13)10(7)6-9-4-3-5-14-9/h3-6H,1-2H2,(H,12,13). The molecule has 2 rings (SSSR count). The van der Waals surface area contributed by atoms with E-state index in [-0.39, 0.29) is 5.91 Å². The molecule has 1 N–H and O–H groups in total. The van der Waals surface area contributed by atoms with Gasteiger partial charge in [0.25, 0.3) is 5.91 Å². The van der Waals surface area contributed by atoms with Crippen molar-refractivity contribution in [2.45, 2.75) is 0 Å². The van der Waals surface area contributed by atoms with Gasteiger partial charge < -0.3 is 9.73 Å². The molecule has 0 aliphatic carbocycles. The third-order valence-corrected chi connectivity index (χ3v) is 2.03. The number of furan rings is 1. The highest BCUT2D eigenvalue weighted by molar-refractivity contribution is 6.08. The van der Waals surface area contributed by atoms with E-state index in [1.165, 1.54) is 0 Å². The van der Waals surface area contributed by atoms with Gasteiger partial charge in [0.05, 0.1) is 11.8 Å². The quantitative estimate of drug-likeness (QED) is 0.682. The minimum atomic E-state index is -0.184. The topological polar surface area (TPSA) is 42.2 Å². The smallest absolute Gasteiger partial charge is 0.256 e. The van der Waals surface area contributed by atoms with Gasteiger partial charge in [0.1, 0.15) is 5.76 Å². The molecule has 1 aromatic rings. The van der Waals surface area contributed by atoms with E-state index in [1.807, 2.05) is 0 Å². The summed E-state index contributed by atoms with van der Waals surface area (Å²) in [5.41, 5.74) is 1.67. The number of allylic oxidation sites excluding steroid dienone is 1. The minimum Gasteiger partial charge on any atom is -0.465 e. The molecule has 1 aliphatic rings. The Labute approximate surface area is 81.4 Å². The Balaban J connectivity index is 2.40. The van der Waals surface area contributed by atoms with E-state index >= 15 is 0 Å². The second-order valence-electron chi connectivity index (χ2n) is 2.98. The van der Waals surface area contributed by atoms with Crippen molar-refractivity contribution in [3.05, 3.63) is 54.2 Å². The Morgan fingerprint density at radius 3 is 2.71 bits per heavy atom. The molecule has 14 heavy (non-hydrogen) atoms. The Morgan fingerprint density at radius 1 is 1.43 bits per heavy atom. The molecule has 0 aromatic carbocycles. The van der Waals surface area contributed by atoms with Crippen LogP contribution in [0.5, 0.6) is 0 Å². The maximum Gasteiger partial charge on any atom is 0.256 e. The zero-order valence-corrected chi connectivity index (χ0v) is 7.54. The van der Waals surface area contributed by atoms with Crippen LogP contribution in [0.15, 0.2) is 52.8 Å². The zero-order chi connectivity index (χ0) is 10.1. The van der Waals surface area contributed by atoms with Crippen LogP contribution in [0, 0.1) is 0 Å². The average molecular weight is 187 g/mol. The SMILES string of the molecule is C=C1NC(=O)C(=Cc2ccco2)C1=C. The van der Waals surface area contributed by atoms with E-state index in [2.05, 4.69) is 18.5 Å². The lowest BCUT2D eigenvalue weighted by molar-refractivity contribution is -0.115. The van der Waals surface area contributed by atoms with Crippen molar-refractivity contribution in [2.75, 3.05) is 0 Å². The van der Waals surface area contributed by atoms with Gasteiger partial charge in [0.2, 0.25) is 0 Å². The maximum atomic E-state index is 11.4. The summed E-state index contributed by atoms with van der Waals surface area (Å²) in [5.74, 6) is 0.447. The third-order valence-electron chi connectivity index (χ3n) is 2.03. The molecule has 0 bridgehead atoms. The molecule has 1 amide bonds. The van der Waals surface area contributed by atoms with Gasteiger partial charge in [-0.1, -0.05) is 13.2 Å². The summed E-state index contributed by atoms with van der Waals surface area (Å²) < 4.78 is 5.10. The highest BCUT2D eigenvalue weighted by Crippen LogP contribution is 2.24. The Morgan fingerprint density at radius 2 is 2.21 bits per heavy atom. The van der Waals surface area contributed by atoms with Crippen LogP contribution in [0.2, 0.25) is 0 Å². The summed E-state index contributed by atoms with van der Waals surface area (Å²) in [6, 6.07) is 3.53. The maximum absolute atomic E-state index is 11.4. The number of nitrogens with one attached hydrogen (secondary N) is 1. The van der Waals surface area contributed by atoms with Crippen molar-refractivity contribution < 1.29 is 9.21 Å². The normalized spacial score (nSPS) is 19.1. The fraction of sp³-hybridized carbons (Fsp3) is 0. The Hall–Kier alpha value is -2.03. The molecule has 70 valence electrons. The molecule has 3 nitrogen and oxygen atoms in total. The molecule has 1 aliphatic heterocycles. The van der Waals surface area contributed by atoms with Gasteiger partial charge >= 0.3 is 0 Å². The van der Waals surface area contributed by atoms with E-state index in [0.29, 0.717) is 22.6 Å². The van der Waals surface area contributed by atoms with Crippen LogP contribution >= 0.6 is 0 Å². The van der Waals surface area contributed by atoms with Crippen LogP contribution in [0.4, 0.5) is 0 Å². The number of amides is 1. The Kier molecular flexibility index (Phi) is 1.85. The summed E-state index contributed by atoms with van der Waals surface area (Å²) in [4.78, 5) is 11.4. The molecule has 0 atom stereocenters. The molecule has 0 radical (unpaired) electrons. The molecule has 1 aromatic heterocycles. The molecule has 0 saturated carbocycles. The van der Waals surface area contributed by atoms with Crippen LogP contribution in [-0.2, 0) is 4.79 Å². The number of rotatable bonds is 1. The fourth-order valence-electron chi connectivity index (χ4n) is 1.25. The van der Waals surface area contributed by atoms with Gasteiger partial charge in [-0.3, -0.25) is 4.79 Å². The predicted molar refractivity (Wildman–Crippen MR) is 53.1 cm³/mol. The van der Waals surface area contributed by atoms with Crippen molar-refractivity contribution in [2.24, 2.45) is 0 Å². The summed E-state index contributed by atoms with van der Waals surface area (Å²) in [6.45, 7) is 7.42. The molecule has 1 saturated heterocycles. The van der Waals surface area contributed by atoms with Gasteiger partial charge in [-0.05, 0) is 18.2 Å². The zero-order valence-electron chi connectivity index (χ0n) is 7.54. The van der Waals surface area contributed by atoms with Gasteiger partial charge in [0, 0.05) is 11.3 Å². The average Bonchev–Trinajstić information content (AvgIpc) is 2.71. The van der Waals surface area contributed by atoms with Gasteiger partial charge in [-0.25, -0.2) is 0 Å². The lowest BCUT2D eigenvalue weighted by Crippen LogP contribution is -2.12. The van der Waals surface area contributed by atoms with Crippen LogP contribution in [0.3, 0.4) is 0 Å². The van der Waals surface area contributed by atoms with Gasteiger partial charge in [0.15, 0.2) is 0 Å². The van der Waals surface area contributed by atoms with E-state index in [1.54, 1.807) is 24.5 Å². The van der Waals surface area contributed by atoms with Crippen molar-refractivity contribution in [1.82, 2.24) is 5.32 Å². The highest BCUT2D eigenvalue weighted by Gasteiger charge is 2.23. The van der Waals surface area contributed by atoms with Crippen LogP contribution in [0.1, 0.15) is 5.76 Å². The van der Waals surface area contributed by atoms with Crippen LogP contribution < -0.4 is 5.32 Å². The first kappa shape index (κ1) is 8.56. The number of hydrogen-bond acceptors (Lipinski definition) is 2. The number of carbonyl (C=O) groups is 1. The molecular formula is C11H9NO2. The van der Waals surface area contributed by atoms with Crippen molar-refractivity contribution in [1.29, 1.82) is 0 Å². The first-order valence-electron chi connectivity index (χ1n) is 4.13. The highest BCUT2D eigenvalue weighted by atomic mass is 16.3. The summed E-state index contributed by atoms with van der Waals surface area (Å²) in [5, 5.41) is 2.59. The monoisotopic (exact) mass is 187 g/mol. The number of carbonyl (C=O) groups excluding carboxylic acids is 1. The van der Waals surface area contributed by atoms with E-state index in [4.69, 9.17) is 4.42 Å². The van der Waals surface area contributed by atoms with Gasteiger partial charge in [-0.2, -0.15) is 0 Å². The van der Waals surface area contributed by atoms with E-state index in [0.717, 1.165) is 0 Å². The summed E-state index contributed by atoms with van der Waals surface area (Å²) >= 11 is 0. The Bertz CT molecular complexity index is 438. The molecule has 2 heterocycles. The van der Waals surface area contributed by atoms with E-state index < -0.39 is 0 Å². The molecule has 0 unspecified atom stereocenters. The van der Waals surface area contributed by atoms with Crippen LogP contribution in [-0.4, -0.2) is 5.91 Å². The second kappa shape index (κ2) is 3.03. The molecule has 3 heteroatoms. The van der Waals surface area contributed by atoms with Crippen molar-refractivity contribution in [3.63, 3.8) is 0 Å². The van der Waals surface area contributed by atoms with Gasteiger partial charge in [-0.15, -0.1) is 0 Å². The third kappa shape index (κ3) is 1.29. The van der Waals surface area contributed by atoms with Crippen molar-refractivity contribution in [3.8, 4) is 0 Å². The summed E-state index contributed by atoms with van der Waals surface area (Å²) in [6.07, 6.45) is 3.20. The molecule has 0 spiro atoms. The molecular weight excluding hydrogens is 178 g/mol. The first-order chi connectivity index (χ1) is 6.68. The largest absolute Gasteiger partial charge is 0.465 e. The molecule has 1 fully saturated rings. The summed E-state index contributed by atoms with van der Waals surface area (Å²) in [7, 11) is 0. The lowest BCUT2D eigenvalue weighted by atomic mass is 10.1. The van der Waals surface area contributed by atoms with Crippen LogP contribution in [0.25, 0.3) is 6.08 Å². The van der Waals surface area contributed by atoms with Crippen molar-refractivity contribution >= 4 is 12.0 Å². The lowest BCUT2D eigenvalue weighted by Gasteiger charge is -1.92. The fourth-order valence-corrected chi connectivity index (χ4v) is 1.25. The minimum absolute atomic E-state index is 0.184. The first-order valence-corrected chi connectivity index (χ1v) is 4.13.